The molecule has 0 bridgehead atoms. The number of hydrogen-bond donors (Lipinski definition) is 1. The summed E-state index contributed by atoms with van der Waals surface area (Å²) in [6, 6.07) is 11.4. The maximum atomic E-state index is 6.03. The van der Waals surface area contributed by atoms with E-state index in [1.165, 1.54) is 4.68 Å². The minimum atomic E-state index is 0.464. The zero-order valence-corrected chi connectivity index (χ0v) is 11.0. The van der Waals surface area contributed by atoms with E-state index in [0.717, 1.165) is 11.0 Å². The third-order valence-corrected chi connectivity index (χ3v) is 3.16. The smallest absolute Gasteiger partial charge is 0.250 e. The van der Waals surface area contributed by atoms with E-state index in [1.807, 2.05) is 30.3 Å². The number of furan rings is 1. The van der Waals surface area contributed by atoms with Crippen LogP contribution in [0.25, 0.3) is 28.4 Å². The Labute approximate surface area is 119 Å². The van der Waals surface area contributed by atoms with Crippen LogP contribution in [-0.4, -0.2) is 19.7 Å². The normalized spacial score (nSPS) is 11.0. The predicted molar refractivity (Wildman–Crippen MR) is 78.8 cm³/mol. The molecule has 0 saturated heterocycles. The summed E-state index contributed by atoms with van der Waals surface area (Å²) in [5.41, 5.74) is 7.93. The van der Waals surface area contributed by atoms with Crippen molar-refractivity contribution in [2.45, 2.75) is 0 Å². The molecule has 0 radical (unpaired) electrons. The molecule has 0 aliphatic rings. The van der Waals surface area contributed by atoms with E-state index in [1.54, 1.807) is 24.7 Å². The van der Waals surface area contributed by atoms with E-state index < -0.39 is 0 Å². The van der Waals surface area contributed by atoms with Crippen molar-refractivity contribution in [3.8, 4) is 17.4 Å². The quantitative estimate of drug-likeness (QED) is 0.609. The standard InChI is InChI=1S/C15H11N5O/c16-11-9-20(15-17-6-3-7-18-15)19-14(11)13-8-10-4-1-2-5-12(10)21-13/h1-9H,16H2. The first-order valence-corrected chi connectivity index (χ1v) is 6.43. The lowest BCUT2D eigenvalue weighted by Crippen LogP contribution is -2.00. The van der Waals surface area contributed by atoms with Crippen LogP contribution in [0, 0.1) is 0 Å². The zero-order chi connectivity index (χ0) is 14.2. The molecule has 0 aliphatic heterocycles. The molecule has 4 rings (SSSR count). The average Bonchev–Trinajstić information content (AvgIpc) is 3.11. The molecule has 3 aromatic heterocycles. The summed E-state index contributed by atoms with van der Waals surface area (Å²) in [5, 5.41) is 5.43. The fourth-order valence-corrected chi connectivity index (χ4v) is 2.19. The van der Waals surface area contributed by atoms with Crippen LogP contribution in [0.1, 0.15) is 0 Å². The Morgan fingerprint density at radius 1 is 1.05 bits per heavy atom. The van der Waals surface area contributed by atoms with Gasteiger partial charge < -0.3 is 10.2 Å². The summed E-state index contributed by atoms with van der Waals surface area (Å²) in [7, 11) is 0. The maximum absolute atomic E-state index is 6.03. The van der Waals surface area contributed by atoms with E-state index in [0.29, 0.717) is 23.1 Å². The number of aromatic nitrogens is 4. The number of rotatable bonds is 2. The highest BCUT2D eigenvalue weighted by Gasteiger charge is 2.14. The number of nitrogens with zero attached hydrogens (tertiary/aromatic N) is 4. The molecule has 0 aliphatic carbocycles. The minimum Gasteiger partial charge on any atom is -0.454 e. The van der Waals surface area contributed by atoms with Crippen molar-refractivity contribution < 1.29 is 4.42 Å². The molecule has 0 amide bonds. The number of benzene rings is 1. The molecule has 1 aromatic carbocycles. The van der Waals surface area contributed by atoms with Crippen LogP contribution in [0.2, 0.25) is 0 Å². The van der Waals surface area contributed by atoms with Gasteiger partial charge in [0.2, 0.25) is 0 Å². The number of anilines is 1. The fourth-order valence-electron chi connectivity index (χ4n) is 2.19. The van der Waals surface area contributed by atoms with Gasteiger partial charge in [-0.1, -0.05) is 18.2 Å². The molecule has 0 spiro atoms. The Hall–Kier alpha value is -3.15. The molecule has 6 nitrogen and oxygen atoms in total. The molecule has 0 atom stereocenters. The van der Waals surface area contributed by atoms with Crippen molar-refractivity contribution in [2.24, 2.45) is 0 Å². The number of nitrogen functional groups attached to an aromatic ring is 1. The van der Waals surface area contributed by atoms with Crippen molar-refractivity contribution >= 4 is 16.7 Å². The van der Waals surface area contributed by atoms with Gasteiger partial charge in [0.05, 0.1) is 11.9 Å². The largest absolute Gasteiger partial charge is 0.454 e. The highest BCUT2D eigenvalue weighted by atomic mass is 16.3. The first-order valence-electron chi connectivity index (χ1n) is 6.43. The lowest BCUT2D eigenvalue weighted by molar-refractivity contribution is 0.627. The van der Waals surface area contributed by atoms with Gasteiger partial charge in [-0.05, 0) is 18.2 Å². The first-order chi connectivity index (χ1) is 10.3. The lowest BCUT2D eigenvalue weighted by atomic mass is 10.2. The molecule has 0 saturated carbocycles. The number of fused-ring (bicyclic) bond motifs is 1. The van der Waals surface area contributed by atoms with Gasteiger partial charge in [0, 0.05) is 17.8 Å². The monoisotopic (exact) mass is 277 g/mol. The molecule has 102 valence electrons. The highest BCUT2D eigenvalue weighted by molar-refractivity contribution is 5.84. The SMILES string of the molecule is Nc1cn(-c2ncccn2)nc1-c1cc2ccccc2o1. The van der Waals surface area contributed by atoms with Crippen LogP contribution in [-0.2, 0) is 0 Å². The fraction of sp³-hybridized carbons (Fsp3) is 0. The molecule has 4 aromatic rings. The Bertz CT molecular complexity index is 877. The van der Waals surface area contributed by atoms with Gasteiger partial charge in [-0.2, -0.15) is 5.10 Å². The lowest BCUT2D eigenvalue weighted by Gasteiger charge is -1.96. The molecule has 0 unspecified atom stereocenters. The summed E-state index contributed by atoms with van der Waals surface area (Å²) in [6.45, 7) is 0. The maximum Gasteiger partial charge on any atom is 0.250 e. The van der Waals surface area contributed by atoms with Crippen LogP contribution < -0.4 is 5.73 Å². The van der Waals surface area contributed by atoms with Gasteiger partial charge in [-0.15, -0.1) is 0 Å². The van der Waals surface area contributed by atoms with Crippen LogP contribution >= 0.6 is 0 Å². The highest BCUT2D eigenvalue weighted by Crippen LogP contribution is 2.30. The molecular weight excluding hydrogens is 266 g/mol. The van der Waals surface area contributed by atoms with Crippen LogP contribution in [0.15, 0.2) is 59.4 Å². The van der Waals surface area contributed by atoms with Crippen molar-refractivity contribution in [3.63, 3.8) is 0 Å². The predicted octanol–water partition coefficient (Wildman–Crippen LogP) is 2.66. The van der Waals surface area contributed by atoms with Crippen molar-refractivity contribution in [1.82, 2.24) is 19.7 Å². The third-order valence-electron chi connectivity index (χ3n) is 3.16. The van der Waals surface area contributed by atoms with Gasteiger partial charge in [0.1, 0.15) is 5.58 Å². The second-order valence-corrected chi connectivity index (χ2v) is 4.57. The van der Waals surface area contributed by atoms with E-state index in [2.05, 4.69) is 15.1 Å². The topological polar surface area (TPSA) is 82.8 Å². The second-order valence-electron chi connectivity index (χ2n) is 4.57. The van der Waals surface area contributed by atoms with Crippen LogP contribution in [0.5, 0.6) is 0 Å². The third kappa shape index (κ3) is 1.93. The van der Waals surface area contributed by atoms with Gasteiger partial charge in [0.25, 0.3) is 5.95 Å². The zero-order valence-electron chi connectivity index (χ0n) is 11.0. The van der Waals surface area contributed by atoms with E-state index in [9.17, 15) is 0 Å². The molecule has 21 heavy (non-hydrogen) atoms. The number of hydrogen-bond acceptors (Lipinski definition) is 5. The van der Waals surface area contributed by atoms with Crippen molar-refractivity contribution in [2.75, 3.05) is 5.73 Å². The van der Waals surface area contributed by atoms with Gasteiger partial charge in [0.15, 0.2) is 11.5 Å². The summed E-state index contributed by atoms with van der Waals surface area (Å²) < 4.78 is 7.33. The summed E-state index contributed by atoms with van der Waals surface area (Å²) >= 11 is 0. The molecule has 2 N–H and O–H groups in total. The van der Waals surface area contributed by atoms with E-state index in [-0.39, 0.29) is 0 Å². The Kier molecular flexibility index (Phi) is 2.47. The van der Waals surface area contributed by atoms with Crippen LogP contribution in [0.3, 0.4) is 0 Å². The molecule has 0 fully saturated rings. The second kappa shape index (κ2) is 4.45. The summed E-state index contributed by atoms with van der Waals surface area (Å²) in [6.07, 6.45) is 4.99. The number of nitrogens with two attached hydrogens (primary N) is 1. The van der Waals surface area contributed by atoms with Gasteiger partial charge >= 0.3 is 0 Å². The average molecular weight is 277 g/mol. The Morgan fingerprint density at radius 3 is 2.67 bits per heavy atom. The van der Waals surface area contributed by atoms with E-state index in [4.69, 9.17) is 10.2 Å². The summed E-state index contributed by atoms with van der Waals surface area (Å²) in [4.78, 5) is 8.29. The van der Waals surface area contributed by atoms with Crippen molar-refractivity contribution in [1.29, 1.82) is 0 Å². The molecule has 3 heterocycles. The van der Waals surface area contributed by atoms with E-state index >= 15 is 0 Å². The van der Waals surface area contributed by atoms with Gasteiger partial charge in [-0.3, -0.25) is 0 Å². The summed E-state index contributed by atoms with van der Waals surface area (Å²) in [5.74, 6) is 1.09. The first kappa shape index (κ1) is 11.7. The Balaban J connectivity index is 1.84. The molecule has 6 heteroatoms. The van der Waals surface area contributed by atoms with Gasteiger partial charge in [-0.25, -0.2) is 14.6 Å². The van der Waals surface area contributed by atoms with Crippen molar-refractivity contribution in [3.05, 3.63) is 55.0 Å². The minimum absolute atomic E-state index is 0.464. The molecular formula is C15H11N5O. The number of para-hydroxylation sites is 1. The Morgan fingerprint density at radius 2 is 1.86 bits per heavy atom. The van der Waals surface area contributed by atoms with Crippen LogP contribution in [0.4, 0.5) is 5.69 Å².